The van der Waals surface area contributed by atoms with Crippen molar-refractivity contribution in [3.8, 4) is 0 Å². The topological polar surface area (TPSA) is 33.1 Å². The quantitative estimate of drug-likeness (QED) is 0.756. The first-order chi connectivity index (χ1) is 7.69. The van der Waals surface area contributed by atoms with Gasteiger partial charge in [0.2, 0.25) is 0 Å². The lowest BCUT2D eigenvalue weighted by atomic mass is 10.2. The molecule has 0 atom stereocenters. The van der Waals surface area contributed by atoms with Crippen molar-refractivity contribution in [3.63, 3.8) is 0 Å². The maximum absolute atomic E-state index is 4.23. The molecule has 0 bridgehead atoms. The van der Waals surface area contributed by atoms with E-state index in [9.17, 15) is 0 Å². The largest absolute Gasteiger partial charge is 0.311 e. The molecule has 0 radical (unpaired) electrons. The van der Waals surface area contributed by atoms with Crippen LogP contribution in [0.15, 0.2) is 6.20 Å². The van der Waals surface area contributed by atoms with Gasteiger partial charge in [-0.25, -0.2) is 0 Å². The Bertz CT molecular complexity index is 307. The summed E-state index contributed by atoms with van der Waals surface area (Å²) in [5.74, 6) is 0. The van der Waals surface area contributed by atoms with E-state index in [4.69, 9.17) is 0 Å². The Kier molecular flexibility index (Phi) is 8.21. The Hall–Kier alpha value is -0.580. The second-order valence-corrected chi connectivity index (χ2v) is 4.08. The molecule has 0 unspecified atom stereocenters. The van der Waals surface area contributed by atoms with Crippen LogP contribution in [0, 0.1) is 6.92 Å². The molecular formula is C12H25ClN4. The highest BCUT2D eigenvalue weighted by atomic mass is 35.5. The normalized spacial score (nSPS) is 10.6. The molecule has 1 aromatic rings. The highest BCUT2D eigenvalue weighted by molar-refractivity contribution is 5.85. The van der Waals surface area contributed by atoms with Crippen LogP contribution in [-0.2, 0) is 13.6 Å². The Labute approximate surface area is 111 Å². The van der Waals surface area contributed by atoms with Crippen LogP contribution in [0.4, 0.5) is 0 Å². The van der Waals surface area contributed by atoms with Crippen LogP contribution in [0.5, 0.6) is 0 Å². The third-order valence-electron chi connectivity index (χ3n) is 3.15. The van der Waals surface area contributed by atoms with E-state index in [0.29, 0.717) is 0 Å². The molecule has 100 valence electrons. The smallest absolute Gasteiger partial charge is 0.0537 e. The van der Waals surface area contributed by atoms with E-state index in [1.54, 1.807) is 0 Å². The van der Waals surface area contributed by atoms with Crippen molar-refractivity contribution in [2.24, 2.45) is 7.05 Å². The number of nitrogens with one attached hydrogen (secondary N) is 1. The Morgan fingerprint density at radius 2 is 2.00 bits per heavy atom. The van der Waals surface area contributed by atoms with Crippen LogP contribution < -0.4 is 5.32 Å². The average Bonchev–Trinajstić information content (AvgIpc) is 2.61. The van der Waals surface area contributed by atoms with E-state index >= 15 is 0 Å². The molecule has 5 heteroatoms. The SMILES string of the molecule is CCN(CC)CCNCc1cnn(C)c1C.Cl. The molecule has 0 fully saturated rings. The lowest BCUT2D eigenvalue weighted by Crippen LogP contribution is -2.31. The highest BCUT2D eigenvalue weighted by Gasteiger charge is 2.03. The molecule has 0 amide bonds. The minimum atomic E-state index is 0. The Balaban J connectivity index is 0.00000256. The van der Waals surface area contributed by atoms with E-state index < -0.39 is 0 Å². The molecule has 4 nitrogen and oxygen atoms in total. The van der Waals surface area contributed by atoms with Gasteiger partial charge in [0.1, 0.15) is 0 Å². The standard InChI is InChI=1S/C12H24N4.ClH/c1-5-16(6-2)8-7-13-9-12-10-14-15(4)11(12)3;/h10,13H,5-9H2,1-4H3;1H. The predicted octanol–water partition coefficient (Wildman–Crippen LogP) is 1.58. The minimum Gasteiger partial charge on any atom is -0.311 e. The summed E-state index contributed by atoms with van der Waals surface area (Å²) in [7, 11) is 1.98. The number of nitrogens with zero attached hydrogens (tertiary/aromatic N) is 3. The van der Waals surface area contributed by atoms with Gasteiger partial charge >= 0.3 is 0 Å². The summed E-state index contributed by atoms with van der Waals surface area (Å²) in [6, 6.07) is 0. The van der Waals surface area contributed by atoms with Gasteiger partial charge in [0, 0.05) is 37.9 Å². The van der Waals surface area contributed by atoms with Gasteiger partial charge < -0.3 is 10.2 Å². The van der Waals surface area contributed by atoms with Gasteiger partial charge in [0.25, 0.3) is 0 Å². The monoisotopic (exact) mass is 260 g/mol. The summed E-state index contributed by atoms with van der Waals surface area (Å²) in [4.78, 5) is 2.42. The summed E-state index contributed by atoms with van der Waals surface area (Å²) < 4.78 is 1.92. The van der Waals surface area contributed by atoms with Crippen molar-refractivity contribution in [2.75, 3.05) is 26.2 Å². The van der Waals surface area contributed by atoms with E-state index in [-0.39, 0.29) is 12.4 Å². The molecule has 0 aliphatic heterocycles. The molecule has 0 saturated heterocycles. The number of halogens is 1. The highest BCUT2D eigenvalue weighted by Crippen LogP contribution is 2.04. The number of likely N-dealkylation sites (N-methyl/N-ethyl adjacent to an activating group) is 1. The van der Waals surface area contributed by atoms with Gasteiger partial charge in [0.15, 0.2) is 0 Å². The van der Waals surface area contributed by atoms with Crippen LogP contribution in [0.25, 0.3) is 0 Å². The zero-order valence-corrected chi connectivity index (χ0v) is 12.2. The first-order valence-electron chi connectivity index (χ1n) is 6.09. The summed E-state index contributed by atoms with van der Waals surface area (Å²) in [5, 5.41) is 7.69. The summed E-state index contributed by atoms with van der Waals surface area (Å²) in [5.41, 5.74) is 2.54. The van der Waals surface area contributed by atoms with E-state index in [0.717, 1.165) is 32.7 Å². The van der Waals surface area contributed by atoms with Crippen LogP contribution in [-0.4, -0.2) is 40.9 Å². The third-order valence-corrected chi connectivity index (χ3v) is 3.15. The molecule has 0 spiro atoms. The maximum atomic E-state index is 4.23. The first kappa shape index (κ1) is 16.4. The zero-order chi connectivity index (χ0) is 12.0. The fraction of sp³-hybridized carbons (Fsp3) is 0.750. The van der Waals surface area contributed by atoms with Crippen LogP contribution >= 0.6 is 12.4 Å². The van der Waals surface area contributed by atoms with Gasteiger partial charge in [-0.2, -0.15) is 5.10 Å². The molecule has 1 N–H and O–H groups in total. The Morgan fingerprint density at radius 1 is 1.35 bits per heavy atom. The number of hydrogen-bond donors (Lipinski definition) is 1. The van der Waals surface area contributed by atoms with Gasteiger partial charge in [-0.05, 0) is 20.0 Å². The Morgan fingerprint density at radius 3 is 2.47 bits per heavy atom. The lowest BCUT2D eigenvalue weighted by molar-refractivity contribution is 0.302. The molecule has 0 aliphatic rings. The number of rotatable bonds is 7. The van der Waals surface area contributed by atoms with Crippen molar-refractivity contribution in [1.29, 1.82) is 0 Å². The molecule has 0 saturated carbocycles. The fourth-order valence-electron chi connectivity index (χ4n) is 1.72. The first-order valence-corrected chi connectivity index (χ1v) is 6.09. The second kappa shape index (κ2) is 8.50. The number of hydrogen-bond acceptors (Lipinski definition) is 3. The van der Waals surface area contributed by atoms with Crippen molar-refractivity contribution in [2.45, 2.75) is 27.3 Å². The van der Waals surface area contributed by atoms with Gasteiger partial charge in [0.05, 0.1) is 6.20 Å². The maximum Gasteiger partial charge on any atom is 0.0537 e. The molecule has 0 aliphatic carbocycles. The zero-order valence-electron chi connectivity index (χ0n) is 11.4. The van der Waals surface area contributed by atoms with Crippen LogP contribution in [0.2, 0.25) is 0 Å². The van der Waals surface area contributed by atoms with E-state index in [1.165, 1.54) is 11.3 Å². The van der Waals surface area contributed by atoms with Crippen molar-refractivity contribution < 1.29 is 0 Å². The molecule has 1 rings (SSSR count). The lowest BCUT2D eigenvalue weighted by Gasteiger charge is -2.17. The minimum absolute atomic E-state index is 0. The summed E-state index contributed by atoms with van der Waals surface area (Å²) >= 11 is 0. The van der Waals surface area contributed by atoms with Gasteiger partial charge in [-0.15, -0.1) is 12.4 Å². The summed E-state index contributed by atoms with van der Waals surface area (Å²) in [6.45, 7) is 11.8. The van der Waals surface area contributed by atoms with Crippen LogP contribution in [0.3, 0.4) is 0 Å². The molecule has 17 heavy (non-hydrogen) atoms. The molecule has 1 aromatic heterocycles. The summed E-state index contributed by atoms with van der Waals surface area (Å²) in [6.07, 6.45) is 1.94. The third kappa shape index (κ3) is 5.06. The number of aryl methyl sites for hydroxylation is 1. The van der Waals surface area contributed by atoms with E-state index in [1.807, 2.05) is 17.9 Å². The average molecular weight is 261 g/mol. The second-order valence-electron chi connectivity index (χ2n) is 4.08. The predicted molar refractivity (Wildman–Crippen MR) is 74.7 cm³/mol. The van der Waals surface area contributed by atoms with Gasteiger partial charge in [-0.1, -0.05) is 13.8 Å². The molecular weight excluding hydrogens is 236 g/mol. The molecule has 0 aromatic carbocycles. The molecule has 1 heterocycles. The van der Waals surface area contributed by atoms with E-state index in [2.05, 4.69) is 36.1 Å². The van der Waals surface area contributed by atoms with Crippen molar-refractivity contribution >= 4 is 12.4 Å². The van der Waals surface area contributed by atoms with Crippen LogP contribution in [0.1, 0.15) is 25.1 Å². The fourth-order valence-corrected chi connectivity index (χ4v) is 1.72. The van der Waals surface area contributed by atoms with Gasteiger partial charge in [-0.3, -0.25) is 4.68 Å². The number of aromatic nitrogens is 2. The van der Waals surface area contributed by atoms with Crippen molar-refractivity contribution in [3.05, 3.63) is 17.5 Å². The van der Waals surface area contributed by atoms with Crippen molar-refractivity contribution in [1.82, 2.24) is 20.0 Å².